The van der Waals surface area contributed by atoms with Crippen LogP contribution < -0.4 is 10.4 Å². The molecule has 4 nitrogen and oxygen atoms in total. The van der Waals surface area contributed by atoms with Gasteiger partial charge in [0.25, 0.3) is 5.56 Å². The van der Waals surface area contributed by atoms with Crippen LogP contribution in [0, 0.1) is 0 Å². The summed E-state index contributed by atoms with van der Waals surface area (Å²) < 4.78 is 2.03. The average Bonchev–Trinajstić information content (AvgIpc) is 2.38. The summed E-state index contributed by atoms with van der Waals surface area (Å²) in [5.41, 5.74) is -0.210. The third kappa shape index (κ3) is 2.68. The number of fused-ring (bicyclic) bond motifs is 1. The third-order valence-electron chi connectivity index (χ3n) is 2.82. The van der Waals surface area contributed by atoms with Gasteiger partial charge in [0.05, 0.1) is 5.39 Å². The van der Waals surface area contributed by atoms with E-state index in [2.05, 4.69) is 0 Å². The van der Waals surface area contributed by atoms with Crippen molar-refractivity contribution in [1.29, 1.82) is 0 Å². The standard InChI is InChI=1S/C13H15NO3S/c15-9-5-1-4-8-14-12(16)10-6-2-3-7-11(10)18-13(14)17/h2-3,6-7,15H,1,4-5,8-9H2. The van der Waals surface area contributed by atoms with E-state index in [0.717, 1.165) is 28.9 Å². The Morgan fingerprint density at radius 2 is 1.89 bits per heavy atom. The molecular weight excluding hydrogens is 250 g/mol. The number of unbranched alkanes of at least 4 members (excludes halogenated alkanes) is 2. The van der Waals surface area contributed by atoms with Crippen molar-refractivity contribution in [3.05, 3.63) is 44.3 Å². The summed E-state index contributed by atoms with van der Waals surface area (Å²) in [4.78, 5) is 23.8. The first-order valence-electron chi connectivity index (χ1n) is 5.97. The monoisotopic (exact) mass is 265 g/mol. The molecule has 1 aromatic carbocycles. The zero-order valence-corrected chi connectivity index (χ0v) is 10.8. The molecule has 2 rings (SSSR count). The summed E-state index contributed by atoms with van der Waals surface area (Å²) in [5.74, 6) is 0. The van der Waals surface area contributed by atoms with Crippen molar-refractivity contribution in [3.63, 3.8) is 0 Å². The van der Waals surface area contributed by atoms with E-state index in [1.165, 1.54) is 4.57 Å². The molecule has 18 heavy (non-hydrogen) atoms. The number of aliphatic hydroxyl groups is 1. The number of nitrogens with zero attached hydrogens (tertiary/aromatic N) is 1. The van der Waals surface area contributed by atoms with Gasteiger partial charge in [0.1, 0.15) is 0 Å². The van der Waals surface area contributed by atoms with Crippen LogP contribution in [0.5, 0.6) is 0 Å². The number of hydrogen-bond donors (Lipinski definition) is 1. The van der Waals surface area contributed by atoms with Gasteiger partial charge in [0.2, 0.25) is 0 Å². The second-order valence-electron chi connectivity index (χ2n) is 4.11. The fourth-order valence-corrected chi connectivity index (χ4v) is 2.75. The maximum Gasteiger partial charge on any atom is 0.310 e. The van der Waals surface area contributed by atoms with Crippen LogP contribution in [-0.4, -0.2) is 16.3 Å². The Morgan fingerprint density at radius 3 is 2.67 bits per heavy atom. The van der Waals surface area contributed by atoms with Crippen molar-refractivity contribution < 1.29 is 5.11 Å². The second-order valence-corrected chi connectivity index (χ2v) is 5.10. The molecule has 1 N–H and O–H groups in total. The summed E-state index contributed by atoms with van der Waals surface area (Å²) in [6.45, 7) is 0.582. The Kier molecular flexibility index (Phi) is 4.28. The number of rotatable bonds is 5. The van der Waals surface area contributed by atoms with Crippen molar-refractivity contribution in [2.24, 2.45) is 0 Å². The smallest absolute Gasteiger partial charge is 0.310 e. The number of benzene rings is 1. The predicted molar refractivity (Wildman–Crippen MR) is 73.3 cm³/mol. The first kappa shape index (κ1) is 13.0. The van der Waals surface area contributed by atoms with E-state index in [4.69, 9.17) is 5.11 Å². The molecule has 0 spiro atoms. The molecule has 1 heterocycles. The lowest BCUT2D eigenvalue weighted by Gasteiger charge is -2.04. The highest BCUT2D eigenvalue weighted by atomic mass is 32.1. The molecule has 0 saturated heterocycles. The molecule has 2 aromatic rings. The highest BCUT2D eigenvalue weighted by Gasteiger charge is 2.06. The van der Waals surface area contributed by atoms with Crippen LogP contribution in [0.15, 0.2) is 33.9 Å². The Labute approximate surface area is 108 Å². The number of hydrogen-bond acceptors (Lipinski definition) is 4. The Morgan fingerprint density at radius 1 is 1.11 bits per heavy atom. The minimum Gasteiger partial charge on any atom is -0.396 e. The molecule has 0 unspecified atom stereocenters. The molecule has 0 bridgehead atoms. The SMILES string of the molecule is O=c1sc2ccccc2c(=O)n1CCCCCO. The van der Waals surface area contributed by atoms with E-state index in [9.17, 15) is 9.59 Å². The highest BCUT2D eigenvalue weighted by molar-refractivity contribution is 7.16. The molecule has 5 heteroatoms. The molecule has 0 saturated carbocycles. The van der Waals surface area contributed by atoms with Crippen LogP contribution in [0.25, 0.3) is 10.1 Å². The van der Waals surface area contributed by atoms with Gasteiger partial charge in [0.15, 0.2) is 0 Å². The minimum atomic E-state index is -0.210. The highest BCUT2D eigenvalue weighted by Crippen LogP contribution is 2.11. The van der Waals surface area contributed by atoms with Crippen molar-refractivity contribution >= 4 is 21.4 Å². The van der Waals surface area contributed by atoms with Gasteiger partial charge in [-0.1, -0.05) is 23.5 Å². The molecule has 0 aliphatic carbocycles. The zero-order valence-electron chi connectivity index (χ0n) is 9.96. The second kappa shape index (κ2) is 5.93. The normalized spacial score (nSPS) is 10.9. The molecule has 96 valence electrons. The van der Waals surface area contributed by atoms with E-state index < -0.39 is 0 Å². The lowest BCUT2D eigenvalue weighted by atomic mass is 10.2. The van der Waals surface area contributed by atoms with Gasteiger partial charge in [-0.2, -0.15) is 0 Å². The summed E-state index contributed by atoms with van der Waals surface area (Å²) in [7, 11) is 0. The molecular formula is C13H15NO3S. The molecule has 0 amide bonds. The van der Waals surface area contributed by atoms with Crippen LogP contribution in [0.2, 0.25) is 0 Å². The third-order valence-corrected chi connectivity index (χ3v) is 3.79. The van der Waals surface area contributed by atoms with Crippen molar-refractivity contribution in [2.75, 3.05) is 6.61 Å². The van der Waals surface area contributed by atoms with E-state index in [0.29, 0.717) is 18.4 Å². The number of aliphatic hydroxyl groups excluding tert-OH is 1. The quantitative estimate of drug-likeness (QED) is 0.835. The summed E-state index contributed by atoms with van der Waals surface area (Å²) >= 11 is 1.10. The molecule has 0 aliphatic rings. The van der Waals surface area contributed by atoms with E-state index in [1.807, 2.05) is 6.07 Å². The van der Waals surface area contributed by atoms with Crippen LogP contribution in [-0.2, 0) is 6.54 Å². The van der Waals surface area contributed by atoms with E-state index in [1.54, 1.807) is 18.2 Å². The molecule has 1 aromatic heterocycles. The fraction of sp³-hybridized carbons (Fsp3) is 0.385. The van der Waals surface area contributed by atoms with Gasteiger partial charge in [-0.25, -0.2) is 0 Å². The predicted octanol–water partition coefficient (Wildman–Crippen LogP) is 1.59. The van der Waals surface area contributed by atoms with Crippen LogP contribution in [0.4, 0.5) is 0 Å². The molecule has 0 fully saturated rings. The van der Waals surface area contributed by atoms with Gasteiger partial charge in [-0.3, -0.25) is 14.2 Å². The molecule has 0 atom stereocenters. The first-order chi connectivity index (χ1) is 8.74. The lowest BCUT2D eigenvalue weighted by molar-refractivity contribution is 0.281. The Balaban J connectivity index is 2.33. The summed E-state index contributed by atoms with van der Waals surface area (Å²) in [5, 5.41) is 9.29. The minimum absolute atomic E-state index is 0.152. The van der Waals surface area contributed by atoms with Crippen molar-refractivity contribution in [3.8, 4) is 0 Å². The van der Waals surface area contributed by atoms with Gasteiger partial charge in [0, 0.05) is 17.9 Å². The maximum atomic E-state index is 12.1. The Hall–Kier alpha value is -1.46. The van der Waals surface area contributed by atoms with Crippen LogP contribution in [0.3, 0.4) is 0 Å². The van der Waals surface area contributed by atoms with Crippen LogP contribution >= 0.6 is 11.3 Å². The fourth-order valence-electron chi connectivity index (χ4n) is 1.86. The van der Waals surface area contributed by atoms with Gasteiger partial charge >= 0.3 is 4.87 Å². The lowest BCUT2D eigenvalue weighted by Crippen LogP contribution is -2.31. The Bertz CT molecular complexity index is 644. The van der Waals surface area contributed by atoms with Gasteiger partial charge < -0.3 is 5.11 Å². The maximum absolute atomic E-state index is 12.1. The largest absolute Gasteiger partial charge is 0.396 e. The van der Waals surface area contributed by atoms with E-state index >= 15 is 0 Å². The van der Waals surface area contributed by atoms with Gasteiger partial charge in [-0.15, -0.1) is 0 Å². The number of aromatic nitrogens is 1. The topological polar surface area (TPSA) is 59.3 Å². The zero-order chi connectivity index (χ0) is 13.0. The molecule has 0 aliphatic heterocycles. The van der Waals surface area contributed by atoms with Gasteiger partial charge in [-0.05, 0) is 31.4 Å². The summed E-state index contributed by atoms with van der Waals surface area (Å²) in [6.07, 6.45) is 2.26. The van der Waals surface area contributed by atoms with E-state index in [-0.39, 0.29) is 17.0 Å². The average molecular weight is 265 g/mol. The van der Waals surface area contributed by atoms with Crippen molar-refractivity contribution in [2.45, 2.75) is 25.8 Å². The molecule has 0 radical (unpaired) electrons. The van der Waals surface area contributed by atoms with Crippen LogP contribution in [0.1, 0.15) is 19.3 Å². The first-order valence-corrected chi connectivity index (χ1v) is 6.79. The van der Waals surface area contributed by atoms with Crippen molar-refractivity contribution in [1.82, 2.24) is 4.57 Å². The summed E-state index contributed by atoms with van der Waals surface area (Å²) in [6, 6.07) is 7.16.